The summed E-state index contributed by atoms with van der Waals surface area (Å²) in [6.07, 6.45) is 1.98. The van der Waals surface area contributed by atoms with Crippen LogP contribution in [0.3, 0.4) is 0 Å². The molecule has 6 rings (SSSR count). The summed E-state index contributed by atoms with van der Waals surface area (Å²) < 4.78 is 8.60. The van der Waals surface area contributed by atoms with Crippen molar-refractivity contribution in [2.24, 2.45) is 5.92 Å². The lowest BCUT2D eigenvalue weighted by atomic mass is 9.96. The number of piperidine rings is 1. The standard InChI is InChI=1S/C31H34BrN5O2/c1-39-27-14-12-25(13-15-27)35-17-19-36(20-18-35)31(38)23-5-4-16-34(21-23)22-30-33-28-6-2-3-7-29(28)37(30)26-10-8-24(32)9-11-26/h2-3,6-15,23H,4-5,16-22H2,1H3/t23-/m1/s1. The van der Waals surface area contributed by atoms with Gasteiger partial charge in [-0.3, -0.25) is 14.3 Å². The number of amides is 1. The number of likely N-dealkylation sites (tertiary alicyclic amines) is 1. The second-order valence-corrected chi connectivity index (χ2v) is 11.3. The zero-order valence-corrected chi connectivity index (χ0v) is 23.9. The maximum absolute atomic E-state index is 13.6. The molecule has 2 aliphatic rings. The van der Waals surface area contributed by atoms with Crippen LogP contribution in [-0.4, -0.2) is 71.6 Å². The first-order valence-corrected chi connectivity index (χ1v) is 14.5. The zero-order chi connectivity index (χ0) is 26.8. The Kier molecular flexibility index (Phi) is 7.57. The van der Waals surface area contributed by atoms with E-state index >= 15 is 0 Å². The highest BCUT2D eigenvalue weighted by Gasteiger charge is 2.31. The van der Waals surface area contributed by atoms with Crippen LogP contribution >= 0.6 is 15.9 Å². The number of para-hydroxylation sites is 2. The van der Waals surface area contributed by atoms with Gasteiger partial charge in [0, 0.05) is 48.6 Å². The molecule has 0 radical (unpaired) electrons. The highest BCUT2D eigenvalue weighted by atomic mass is 79.9. The van der Waals surface area contributed by atoms with Gasteiger partial charge in [0.25, 0.3) is 0 Å². The van der Waals surface area contributed by atoms with Gasteiger partial charge in [0.05, 0.1) is 30.6 Å². The Morgan fingerprint density at radius 3 is 2.38 bits per heavy atom. The number of rotatable bonds is 6. The Morgan fingerprint density at radius 2 is 1.64 bits per heavy atom. The zero-order valence-electron chi connectivity index (χ0n) is 22.3. The fourth-order valence-corrected chi connectivity index (χ4v) is 6.16. The number of nitrogens with zero attached hydrogens (tertiary/aromatic N) is 5. The van der Waals surface area contributed by atoms with Gasteiger partial charge in [-0.05, 0) is 80.1 Å². The molecular formula is C31H34BrN5O2. The lowest BCUT2D eigenvalue weighted by molar-refractivity contribution is -0.137. The number of methoxy groups -OCH3 is 1. The number of carbonyl (C=O) groups excluding carboxylic acids is 1. The fraction of sp³-hybridized carbons (Fsp3) is 0.355. The molecule has 0 bridgehead atoms. The van der Waals surface area contributed by atoms with E-state index in [1.54, 1.807) is 7.11 Å². The van der Waals surface area contributed by atoms with Crippen LogP contribution in [0.4, 0.5) is 5.69 Å². The van der Waals surface area contributed by atoms with Gasteiger partial charge in [-0.25, -0.2) is 4.98 Å². The van der Waals surface area contributed by atoms with Gasteiger partial charge in [-0.1, -0.05) is 28.1 Å². The molecule has 4 aromatic rings. The number of hydrogen-bond donors (Lipinski definition) is 0. The molecule has 0 aliphatic carbocycles. The maximum Gasteiger partial charge on any atom is 0.227 e. The Labute approximate surface area is 238 Å². The average molecular weight is 589 g/mol. The van der Waals surface area contributed by atoms with Crippen molar-refractivity contribution in [2.75, 3.05) is 51.3 Å². The number of halogens is 1. The van der Waals surface area contributed by atoms with E-state index in [-0.39, 0.29) is 5.92 Å². The number of ether oxygens (including phenoxy) is 1. The third-order valence-electron chi connectivity index (χ3n) is 7.96. The Balaban J connectivity index is 1.12. The van der Waals surface area contributed by atoms with Crippen molar-refractivity contribution >= 4 is 38.6 Å². The summed E-state index contributed by atoms with van der Waals surface area (Å²) in [6.45, 7) is 5.72. The minimum atomic E-state index is 0.0387. The van der Waals surface area contributed by atoms with Gasteiger partial charge in [-0.15, -0.1) is 0 Å². The first-order valence-electron chi connectivity index (χ1n) is 13.7. The van der Waals surface area contributed by atoms with Crippen LogP contribution in [0.25, 0.3) is 16.7 Å². The molecule has 39 heavy (non-hydrogen) atoms. The highest BCUT2D eigenvalue weighted by molar-refractivity contribution is 9.10. The van der Waals surface area contributed by atoms with E-state index in [1.807, 2.05) is 18.2 Å². The largest absolute Gasteiger partial charge is 0.497 e. The molecule has 8 heteroatoms. The molecule has 1 atom stereocenters. The molecule has 3 aromatic carbocycles. The second kappa shape index (κ2) is 11.4. The number of carbonyl (C=O) groups is 1. The van der Waals surface area contributed by atoms with Crippen molar-refractivity contribution in [3.05, 3.63) is 83.1 Å². The first-order chi connectivity index (χ1) is 19.1. The van der Waals surface area contributed by atoms with E-state index in [4.69, 9.17) is 9.72 Å². The molecule has 2 fully saturated rings. The van der Waals surface area contributed by atoms with Gasteiger partial charge < -0.3 is 14.5 Å². The van der Waals surface area contributed by atoms with Crippen molar-refractivity contribution < 1.29 is 9.53 Å². The van der Waals surface area contributed by atoms with Crippen LogP contribution in [0.5, 0.6) is 5.75 Å². The van der Waals surface area contributed by atoms with Crippen LogP contribution in [0.2, 0.25) is 0 Å². The first kappa shape index (κ1) is 25.9. The SMILES string of the molecule is COc1ccc(N2CCN(C(=O)[C@@H]3CCCN(Cc4nc5ccccc5n4-c4ccc(Br)cc4)C3)CC2)cc1. The van der Waals surface area contributed by atoms with Gasteiger partial charge in [-0.2, -0.15) is 0 Å². The Hall–Kier alpha value is -3.36. The molecule has 1 aromatic heterocycles. The summed E-state index contributed by atoms with van der Waals surface area (Å²) in [5, 5.41) is 0. The lowest BCUT2D eigenvalue weighted by Gasteiger charge is -2.39. The van der Waals surface area contributed by atoms with Crippen LogP contribution in [0.15, 0.2) is 77.3 Å². The molecular weight excluding hydrogens is 554 g/mol. The number of aromatic nitrogens is 2. The molecule has 7 nitrogen and oxygen atoms in total. The van der Waals surface area contributed by atoms with E-state index in [0.29, 0.717) is 5.91 Å². The van der Waals surface area contributed by atoms with Crippen molar-refractivity contribution in [2.45, 2.75) is 19.4 Å². The number of anilines is 1. The summed E-state index contributed by atoms with van der Waals surface area (Å²) in [4.78, 5) is 25.4. The van der Waals surface area contributed by atoms with Crippen LogP contribution < -0.4 is 9.64 Å². The highest BCUT2D eigenvalue weighted by Crippen LogP contribution is 2.27. The lowest BCUT2D eigenvalue weighted by Crippen LogP contribution is -2.52. The minimum Gasteiger partial charge on any atom is -0.497 e. The summed E-state index contributed by atoms with van der Waals surface area (Å²) >= 11 is 3.55. The van der Waals surface area contributed by atoms with Gasteiger partial charge in [0.1, 0.15) is 11.6 Å². The van der Waals surface area contributed by atoms with E-state index in [1.165, 1.54) is 5.69 Å². The molecule has 3 heterocycles. The molecule has 1 amide bonds. The molecule has 2 aliphatic heterocycles. The summed E-state index contributed by atoms with van der Waals surface area (Å²) in [7, 11) is 1.68. The van der Waals surface area contributed by atoms with Gasteiger partial charge in [0.15, 0.2) is 0 Å². The molecule has 0 unspecified atom stereocenters. The number of piperazine rings is 1. The van der Waals surface area contributed by atoms with E-state index in [0.717, 1.165) is 91.4 Å². The van der Waals surface area contributed by atoms with Crippen molar-refractivity contribution in [3.63, 3.8) is 0 Å². The maximum atomic E-state index is 13.6. The quantitative estimate of drug-likeness (QED) is 0.304. The van der Waals surface area contributed by atoms with Crippen molar-refractivity contribution in [3.8, 4) is 11.4 Å². The molecule has 0 N–H and O–H groups in total. The van der Waals surface area contributed by atoms with Crippen LogP contribution in [-0.2, 0) is 11.3 Å². The van der Waals surface area contributed by atoms with Crippen LogP contribution in [0, 0.1) is 5.92 Å². The third kappa shape index (κ3) is 5.54. The predicted octanol–water partition coefficient (Wildman–Crippen LogP) is 5.36. The number of hydrogen-bond acceptors (Lipinski definition) is 5. The molecule has 202 valence electrons. The topological polar surface area (TPSA) is 53.8 Å². The second-order valence-electron chi connectivity index (χ2n) is 10.4. The van der Waals surface area contributed by atoms with E-state index in [2.05, 4.69) is 89.8 Å². The smallest absolute Gasteiger partial charge is 0.227 e. The summed E-state index contributed by atoms with van der Waals surface area (Å²) in [6, 6.07) is 24.9. The third-order valence-corrected chi connectivity index (χ3v) is 8.49. The predicted molar refractivity (Wildman–Crippen MR) is 159 cm³/mol. The summed E-state index contributed by atoms with van der Waals surface area (Å²) in [5.41, 5.74) is 4.38. The number of benzene rings is 3. The van der Waals surface area contributed by atoms with Crippen LogP contribution in [0.1, 0.15) is 18.7 Å². The Bertz CT molecular complexity index is 1430. The summed E-state index contributed by atoms with van der Waals surface area (Å²) in [5.74, 6) is 2.22. The number of imidazole rings is 1. The number of fused-ring (bicyclic) bond motifs is 1. The van der Waals surface area contributed by atoms with Gasteiger partial charge >= 0.3 is 0 Å². The fourth-order valence-electron chi connectivity index (χ4n) is 5.90. The normalized spacial score (nSPS) is 18.5. The van der Waals surface area contributed by atoms with Crippen molar-refractivity contribution in [1.82, 2.24) is 19.4 Å². The average Bonchev–Trinajstić information content (AvgIpc) is 3.35. The molecule has 2 saturated heterocycles. The monoisotopic (exact) mass is 587 g/mol. The Morgan fingerprint density at radius 1 is 0.923 bits per heavy atom. The minimum absolute atomic E-state index is 0.0387. The van der Waals surface area contributed by atoms with E-state index < -0.39 is 0 Å². The van der Waals surface area contributed by atoms with E-state index in [9.17, 15) is 4.79 Å². The van der Waals surface area contributed by atoms with Crippen molar-refractivity contribution in [1.29, 1.82) is 0 Å². The molecule has 0 spiro atoms. The molecule has 0 saturated carbocycles. The van der Waals surface area contributed by atoms with Gasteiger partial charge in [0.2, 0.25) is 5.91 Å².